The van der Waals surface area contributed by atoms with Gasteiger partial charge in [0, 0.05) is 35.9 Å². The van der Waals surface area contributed by atoms with E-state index in [0.29, 0.717) is 18.1 Å². The van der Waals surface area contributed by atoms with E-state index < -0.39 is 11.6 Å². The molecule has 0 aromatic heterocycles. The number of carbonyl (C=O) groups excluding carboxylic acids is 1. The third-order valence-electron chi connectivity index (χ3n) is 7.29. The molecule has 0 radical (unpaired) electrons. The van der Waals surface area contributed by atoms with E-state index >= 15 is 0 Å². The van der Waals surface area contributed by atoms with E-state index in [0.717, 1.165) is 24.1 Å². The number of benzene rings is 1. The number of allylic oxidation sites excluding steroid dienone is 2. The number of nitrogens with zero attached hydrogens (tertiary/aromatic N) is 2. The van der Waals surface area contributed by atoms with Crippen LogP contribution in [0.1, 0.15) is 33.6 Å². The minimum Gasteiger partial charge on any atom is -0.388 e. The highest BCUT2D eigenvalue weighted by Gasteiger charge is 2.49. The molecule has 7 heteroatoms. The molecule has 1 aromatic rings. The molecule has 2 amide bonds. The van der Waals surface area contributed by atoms with Crippen LogP contribution in [-0.4, -0.2) is 47.0 Å². The largest absolute Gasteiger partial charge is 0.388 e. The van der Waals surface area contributed by atoms with Gasteiger partial charge in [0.25, 0.3) is 0 Å². The zero-order valence-electron chi connectivity index (χ0n) is 18.3. The molecular weight excluding hydrogens is 412 g/mol. The number of para-hydroxylation sites is 1. The maximum absolute atomic E-state index is 12.6. The van der Waals surface area contributed by atoms with Crippen LogP contribution in [0, 0.1) is 17.3 Å². The number of likely N-dealkylation sites (tertiary alicyclic amines) is 1. The number of amides is 2. The van der Waals surface area contributed by atoms with Gasteiger partial charge in [-0.15, -0.1) is 0 Å². The number of halogens is 1. The molecule has 2 heterocycles. The summed E-state index contributed by atoms with van der Waals surface area (Å²) in [4.78, 5) is 14.5. The van der Waals surface area contributed by atoms with Crippen LogP contribution >= 0.6 is 11.6 Å². The van der Waals surface area contributed by atoms with Crippen molar-refractivity contribution in [1.29, 1.82) is 0 Å². The fourth-order valence-electron chi connectivity index (χ4n) is 5.00. The van der Waals surface area contributed by atoms with Gasteiger partial charge < -0.3 is 15.3 Å². The average Bonchev–Trinajstić information content (AvgIpc) is 3.14. The van der Waals surface area contributed by atoms with Crippen molar-refractivity contribution in [2.75, 3.05) is 18.4 Å². The maximum atomic E-state index is 12.6. The molecule has 3 N–H and O–H groups in total. The van der Waals surface area contributed by atoms with E-state index in [9.17, 15) is 9.90 Å². The molecule has 166 valence electrons. The van der Waals surface area contributed by atoms with Crippen LogP contribution in [0.5, 0.6) is 0 Å². The lowest BCUT2D eigenvalue weighted by Crippen LogP contribution is -2.53. The van der Waals surface area contributed by atoms with E-state index in [4.69, 9.17) is 11.6 Å². The summed E-state index contributed by atoms with van der Waals surface area (Å²) >= 11 is 6.37. The summed E-state index contributed by atoms with van der Waals surface area (Å²) < 4.78 is 0. The van der Waals surface area contributed by atoms with Gasteiger partial charge in [-0.25, -0.2) is 4.79 Å². The first-order valence-corrected chi connectivity index (χ1v) is 11.3. The summed E-state index contributed by atoms with van der Waals surface area (Å²) in [6.45, 7) is 7.62. The number of fused-ring (bicyclic) bond motifs is 1. The third kappa shape index (κ3) is 4.11. The fourth-order valence-corrected chi connectivity index (χ4v) is 5.25. The topological polar surface area (TPSA) is 77.0 Å². The molecule has 2 unspecified atom stereocenters. The molecule has 0 bridgehead atoms. The van der Waals surface area contributed by atoms with Gasteiger partial charge in [-0.2, -0.15) is 5.10 Å². The van der Waals surface area contributed by atoms with E-state index in [1.807, 2.05) is 53.6 Å². The minimum absolute atomic E-state index is 0.0222. The molecule has 6 nitrogen and oxygen atoms in total. The Morgan fingerprint density at radius 2 is 2.00 bits per heavy atom. The highest BCUT2D eigenvalue weighted by molar-refractivity contribution is 6.31. The average molecular weight is 443 g/mol. The highest BCUT2D eigenvalue weighted by atomic mass is 35.5. The second kappa shape index (κ2) is 8.32. The van der Waals surface area contributed by atoms with Crippen LogP contribution in [0.2, 0.25) is 0 Å². The lowest BCUT2D eigenvalue weighted by molar-refractivity contribution is 0.000240. The highest BCUT2D eigenvalue weighted by Crippen LogP contribution is 2.46. The van der Waals surface area contributed by atoms with Crippen LogP contribution in [0.4, 0.5) is 10.5 Å². The third-order valence-corrected chi connectivity index (χ3v) is 7.52. The van der Waals surface area contributed by atoms with Crippen molar-refractivity contribution in [3.63, 3.8) is 0 Å². The van der Waals surface area contributed by atoms with Crippen molar-refractivity contribution in [2.24, 2.45) is 22.4 Å². The number of hydrogen-bond donors (Lipinski definition) is 3. The van der Waals surface area contributed by atoms with Crippen LogP contribution in [-0.2, 0) is 0 Å². The van der Waals surface area contributed by atoms with Gasteiger partial charge in [0.1, 0.15) is 0 Å². The molecule has 0 spiro atoms. The molecule has 1 fully saturated rings. The Labute approximate surface area is 189 Å². The number of hydrogen-bond acceptors (Lipinski definition) is 4. The number of rotatable bonds is 4. The molecule has 1 saturated heterocycles. The second-order valence-corrected chi connectivity index (χ2v) is 9.99. The fraction of sp³-hybridized carbons (Fsp3) is 0.500. The number of carbonyl (C=O) groups is 1. The number of aliphatic hydroxyl groups excluding tert-OH is 1. The molecule has 1 aromatic carbocycles. The van der Waals surface area contributed by atoms with Crippen molar-refractivity contribution >= 4 is 29.5 Å². The number of hydrazone groups is 1. The normalized spacial score (nSPS) is 27.1. The van der Waals surface area contributed by atoms with Gasteiger partial charge in [0.15, 0.2) is 0 Å². The van der Waals surface area contributed by atoms with Crippen LogP contribution < -0.4 is 10.7 Å². The lowest BCUT2D eigenvalue weighted by atomic mass is 9.63. The smallest absolute Gasteiger partial charge is 0.321 e. The minimum atomic E-state index is -0.675. The van der Waals surface area contributed by atoms with Gasteiger partial charge in [0.05, 0.1) is 11.6 Å². The van der Waals surface area contributed by atoms with Crippen molar-refractivity contribution < 1.29 is 9.90 Å². The van der Waals surface area contributed by atoms with Crippen LogP contribution in [0.15, 0.2) is 58.2 Å². The number of anilines is 1. The van der Waals surface area contributed by atoms with E-state index in [-0.39, 0.29) is 23.3 Å². The number of aliphatic hydroxyl groups is 1. The Morgan fingerprint density at radius 3 is 2.68 bits per heavy atom. The number of piperidine rings is 1. The maximum Gasteiger partial charge on any atom is 0.321 e. The lowest BCUT2D eigenvalue weighted by Gasteiger charge is -2.47. The van der Waals surface area contributed by atoms with Gasteiger partial charge in [-0.1, -0.05) is 49.7 Å². The summed E-state index contributed by atoms with van der Waals surface area (Å²) in [6.07, 6.45) is 6.71. The second-order valence-electron chi connectivity index (χ2n) is 9.55. The van der Waals surface area contributed by atoms with Gasteiger partial charge in [-0.3, -0.25) is 5.43 Å². The SMILES string of the molecule is CC12NN=CC1C=C(Cl)C=C2[C@@H](O)C(C)(C)C1CCN(C(=O)Nc2ccccc2)CC1. The first-order valence-electron chi connectivity index (χ1n) is 10.9. The first-order chi connectivity index (χ1) is 14.7. The quantitative estimate of drug-likeness (QED) is 0.649. The molecule has 31 heavy (non-hydrogen) atoms. The molecule has 3 atom stereocenters. The van der Waals surface area contributed by atoms with Crippen molar-refractivity contribution in [2.45, 2.75) is 45.3 Å². The predicted molar refractivity (Wildman–Crippen MR) is 125 cm³/mol. The zero-order chi connectivity index (χ0) is 22.2. The molecule has 4 rings (SSSR count). The Balaban J connectivity index is 1.42. The molecule has 1 aliphatic carbocycles. The van der Waals surface area contributed by atoms with E-state index in [2.05, 4.69) is 36.6 Å². The molecule has 3 aliphatic rings. The van der Waals surface area contributed by atoms with E-state index in [1.54, 1.807) is 0 Å². The number of nitrogens with one attached hydrogen (secondary N) is 2. The summed E-state index contributed by atoms with van der Waals surface area (Å²) in [6, 6.07) is 9.43. The van der Waals surface area contributed by atoms with Gasteiger partial charge >= 0.3 is 6.03 Å². The van der Waals surface area contributed by atoms with Crippen LogP contribution in [0.3, 0.4) is 0 Å². The molecule has 0 saturated carbocycles. The summed E-state index contributed by atoms with van der Waals surface area (Å²) in [5.74, 6) is 0.298. The van der Waals surface area contributed by atoms with Crippen molar-refractivity contribution in [3.8, 4) is 0 Å². The predicted octanol–water partition coefficient (Wildman–Crippen LogP) is 4.34. The first kappa shape index (κ1) is 21.9. The standard InChI is InChI=1S/C24H31ClN4O2/c1-23(2,21(30)20-14-18(25)13-17-15-26-28-24(17,20)3)16-9-11-29(12-10-16)22(31)27-19-7-5-4-6-8-19/h4-8,13-17,21,28,30H,9-12H2,1-3H3,(H,27,31)/t17?,21-,24?/m1/s1. The van der Waals surface area contributed by atoms with Crippen molar-refractivity contribution in [3.05, 3.63) is 53.1 Å². The summed E-state index contributed by atoms with van der Waals surface area (Å²) in [5, 5.41) is 19.3. The Bertz CT molecular complexity index is 919. The van der Waals surface area contributed by atoms with E-state index in [1.165, 1.54) is 0 Å². The monoisotopic (exact) mass is 442 g/mol. The number of urea groups is 1. The summed E-state index contributed by atoms with van der Waals surface area (Å²) in [7, 11) is 0. The van der Waals surface area contributed by atoms with Crippen LogP contribution in [0.25, 0.3) is 0 Å². The van der Waals surface area contributed by atoms with Gasteiger partial charge in [0.2, 0.25) is 0 Å². The Morgan fingerprint density at radius 1 is 1.32 bits per heavy atom. The molecular formula is C24H31ClN4O2. The Hall–Kier alpha value is -2.31. The molecule has 2 aliphatic heterocycles. The van der Waals surface area contributed by atoms with Crippen molar-refractivity contribution in [1.82, 2.24) is 10.3 Å². The summed E-state index contributed by atoms with van der Waals surface area (Å²) in [5.41, 5.74) is 4.01. The Kier molecular flexibility index (Phi) is 5.88. The zero-order valence-corrected chi connectivity index (χ0v) is 19.1. The van der Waals surface area contributed by atoms with Gasteiger partial charge in [-0.05, 0) is 54.9 Å².